The van der Waals surface area contributed by atoms with Gasteiger partial charge in [-0.25, -0.2) is 9.59 Å². The van der Waals surface area contributed by atoms with E-state index in [0.717, 1.165) is 0 Å². The van der Waals surface area contributed by atoms with Gasteiger partial charge in [-0.1, -0.05) is 0 Å². The molecule has 8 N–H and O–H groups in total. The molecule has 0 aliphatic heterocycles. The molecule has 0 aromatic heterocycles. The van der Waals surface area contributed by atoms with E-state index in [2.05, 4.69) is 36.7 Å². The van der Waals surface area contributed by atoms with Gasteiger partial charge in [0.2, 0.25) is 0 Å². The third-order valence-corrected chi connectivity index (χ3v) is 2.19. The molecule has 0 bridgehead atoms. The van der Waals surface area contributed by atoms with Crippen LogP contribution in [0.25, 0.3) is 0 Å². The van der Waals surface area contributed by atoms with Crippen molar-refractivity contribution in [2.24, 2.45) is 0 Å². The van der Waals surface area contributed by atoms with Crippen molar-refractivity contribution in [1.29, 1.82) is 0 Å². The summed E-state index contributed by atoms with van der Waals surface area (Å²) in [5, 5.41) is 34.0. The lowest BCUT2D eigenvalue weighted by molar-refractivity contribution is -0.400. The lowest BCUT2D eigenvalue weighted by Crippen LogP contribution is -2.66. The summed E-state index contributed by atoms with van der Waals surface area (Å²) in [6, 6.07) is -1.13. The minimum atomic E-state index is -2.19. The molecule has 0 aliphatic carbocycles. The number of carbonyl (C=O) groups is 4. The Morgan fingerprint density at radius 1 is 0.850 bits per heavy atom. The molecule has 0 aliphatic rings. The molecule has 0 rings (SSSR count). The maximum atomic E-state index is 9.82. The van der Waals surface area contributed by atoms with E-state index in [1.54, 1.807) is 0 Å². The molecule has 0 saturated carbocycles. The van der Waals surface area contributed by atoms with E-state index in [0.29, 0.717) is 11.5 Å². The second kappa shape index (κ2) is 13.9. The molecule has 2 atom stereocenters. The molecule has 12 heteroatoms. The van der Waals surface area contributed by atoms with Gasteiger partial charge in [0, 0.05) is 0 Å². The molecule has 0 unspecified atom stereocenters. The monoisotopic (exact) mass is 332 g/mol. The number of thiol groups is 2. The van der Waals surface area contributed by atoms with Crippen molar-refractivity contribution in [1.82, 2.24) is 0 Å². The molecule has 0 aromatic carbocycles. The number of rotatable bonds is 4. The first-order chi connectivity index (χ1) is 9.00. The summed E-state index contributed by atoms with van der Waals surface area (Å²) in [4.78, 5) is 37.5. The van der Waals surface area contributed by atoms with Crippen LogP contribution in [-0.2, 0) is 19.2 Å². The Kier molecular flexibility index (Phi) is 16.4. The second-order valence-corrected chi connectivity index (χ2v) is 3.74. The van der Waals surface area contributed by atoms with E-state index in [9.17, 15) is 9.59 Å². The number of hydrogen-bond acceptors (Lipinski definition) is 8. The Bertz CT molecular complexity index is 306. The summed E-state index contributed by atoms with van der Waals surface area (Å²) in [6.07, 6.45) is 0. The standard InChI is InChI=1S/2C3H7NO2S.C2H2O4/c2*4-2(1-7)3(5)6;3-1(4)2(5)6/h2*2,7H,1,4H2,(H,5,6);(H,3,4)(H,5,6)/t2*2-;/m10./s1. The Labute approximate surface area is 124 Å². The van der Waals surface area contributed by atoms with Gasteiger partial charge in [0.25, 0.3) is 0 Å². The molecular formula is C8H16N2O8S2. The minimum absolute atomic E-state index is 0.301. The van der Waals surface area contributed by atoms with Crippen molar-refractivity contribution in [3.8, 4) is 0 Å². The van der Waals surface area contributed by atoms with Crippen LogP contribution < -0.4 is 21.7 Å². The van der Waals surface area contributed by atoms with Gasteiger partial charge in [0.05, 0.1) is 23.4 Å². The van der Waals surface area contributed by atoms with Crippen LogP contribution in [0.4, 0.5) is 0 Å². The third-order valence-electron chi connectivity index (χ3n) is 1.31. The maximum Gasteiger partial charge on any atom is 0.363 e. The number of carboxylic acids is 4. The molecule has 0 spiro atoms. The first-order valence-corrected chi connectivity index (χ1v) is 6.03. The highest BCUT2D eigenvalue weighted by atomic mass is 32.1. The largest absolute Gasteiger partial charge is 0.543 e. The first kappa shape index (κ1) is 23.6. The van der Waals surface area contributed by atoms with Gasteiger partial charge in [-0.2, -0.15) is 25.3 Å². The Morgan fingerprint density at radius 3 is 1.05 bits per heavy atom. The van der Waals surface area contributed by atoms with Gasteiger partial charge in [0.15, 0.2) is 12.1 Å². The zero-order valence-corrected chi connectivity index (χ0v) is 12.0. The number of aliphatic carboxylic acids is 4. The second-order valence-electron chi connectivity index (χ2n) is 3.01. The third kappa shape index (κ3) is 18.9. The molecule has 0 radical (unpaired) electrons. The molecule has 0 saturated heterocycles. The smallest absolute Gasteiger partial charge is 0.363 e. The molecule has 0 amide bonds. The summed E-state index contributed by atoms with van der Waals surface area (Å²) >= 11 is 7.42. The van der Waals surface area contributed by atoms with Gasteiger partial charge < -0.3 is 41.5 Å². The van der Waals surface area contributed by atoms with Crippen molar-refractivity contribution >= 4 is 49.1 Å². The van der Waals surface area contributed by atoms with E-state index in [-0.39, 0.29) is 0 Å². The first-order valence-electron chi connectivity index (χ1n) is 4.76. The van der Waals surface area contributed by atoms with Crippen LogP contribution in [0.5, 0.6) is 0 Å². The summed E-state index contributed by atoms with van der Waals surface area (Å²) in [6.45, 7) is 0. The van der Waals surface area contributed by atoms with Gasteiger partial charge in [-0.3, -0.25) is 0 Å². The summed E-state index contributed by atoms with van der Waals surface area (Å²) in [5.41, 5.74) is 6.56. The summed E-state index contributed by atoms with van der Waals surface area (Å²) < 4.78 is 0. The van der Waals surface area contributed by atoms with Crippen molar-refractivity contribution in [2.75, 3.05) is 11.5 Å². The van der Waals surface area contributed by atoms with Crippen molar-refractivity contribution in [3.05, 3.63) is 0 Å². The average Bonchev–Trinajstić information content (AvgIpc) is 2.37. The van der Waals surface area contributed by atoms with E-state index >= 15 is 0 Å². The van der Waals surface area contributed by atoms with Gasteiger partial charge in [0.1, 0.15) is 0 Å². The lowest BCUT2D eigenvalue weighted by Gasteiger charge is -1.97. The Morgan fingerprint density at radius 2 is 1.05 bits per heavy atom. The van der Waals surface area contributed by atoms with E-state index in [4.69, 9.17) is 30.0 Å². The van der Waals surface area contributed by atoms with Crippen LogP contribution in [0.3, 0.4) is 0 Å². The van der Waals surface area contributed by atoms with E-state index in [1.165, 1.54) is 0 Å². The molecule has 0 aromatic rings. The predicted octanol–water partition coefficient (Wildman–Crippen LogP) is -6.29. The Hall–Kier alpha value is -1.50. The van der Waals surface area contributed by atoms with E-state index < -0.39 is 36.0 Å². The number of carbonyl (C=O) groups excluding carboxylic acids is 2. The summed E-state index contributed by atoms with van der Waals surface area (Å²) in [7, 11) is 0. The van der Waals surface area contributed by atoms with Crippen LogP contribution in [0, 0.1) is 0 Å². The molecule has 20 heavy (non-hydrogen) atoms. The fourth-order valence-corrected chi connectivity index (χ4v) is 0.469. The highest BCUT2D eigenvalue weighted by Crippen LogP contribution is 1.77. The fourth-order valence-electron chi connectivity index (χ4n) is 0.156. The average molecular weight is 332 g/mol. The quantitative estimate of drug-likeness (QED) is 0.215. The highest BCUT2D eigenvalue weighted by molar-refractivity contribution is 7.80. The summed E-state index contributed by atoms with van der Waals surface area (Å²) in [5.74, 6) is -5.56. The highest BCUT2D eigenvalue weighted by Gasteiger charge is 2.11. The number of quaternary nitrogens is 2. The fraction of sp³-hybridized carbons (Fsp3) is 0.500. The van der Waals surface area contributed by atoms with Gasteiger partial charge in [-0.15, -0.1) is 0 Å². The van der Waals surface area contributed by atoms with Gasteiger partial charge in [-0.05, 0) is 0 Å². The van der Waals surface area contributed by atoms with Crippen molar-refractivity contribution in [2.45, 2.75) is 12.1 Å². The zero-order chi connectivity index (χ0) is 16.9. The topological polar surface area (TPSA) is 210 Å². The zero-order valence-electron chi connectivity index (χ0n) is 10.2. The Balaban J connectivity index is -0.000000218. The predicted molar refractivity (Wildman–Crippen MR) is 66.3 cm³/mol. The lowest BCUT2D eigenvalue weighted by atomic mass is 10.4. The molecular weight excluding hydrogens is 316 g/mol. The maximum absolute atomic E-state index is 9.82. The van der Waals surface area contributed by atoms with E-state index in [1.807, 2.05) is 0 Å². The van der Waals surface area contributed by atoms with Crippen LogP contribution in [-0.4, -0.2) is 57.7 Å². The number of carboxylic acid groups (broad SMARTS) is 4. The van der Waals surface area contributed by atoms with Crippen LogP contribution in [0.15, 0.2) is 0 Å². The van der Waals surface area contributed by atoms with Crippen LogP contribution in [0.2, 0.25) is 0 Å². The van der Waals surface area contributed by atoms with Crippen molar-refractivity contribution in [3.63, 3.8) is 0 Å². The molecule has 10 nitrogen and oxygen atoms in total. The normalized spacial score (nSPS) is 11.6. The molecule has 0 fully saturated rings. The van der Waals surface area contributed by atoms with Crippen LogP contribution >= 0.6 is 25.3 Å². The van der Waals surface area contributed by atoms with Crippen molar-refractivity contribution < 1.29 is 51.1 Å². The number of hydrogen-bond donors (Lipinski definition) is 6. The van der Waals surface area contributed by atoms with Crippen LogP contribution in [0.1, 0.15) is 0 Å². The SMILES string of the molecule is O=C([O-])C(=O)[O-].[NH3+][C@@H](CS)C(=O)O.[NH3+][C@H](CS)C(=O)O. The molecule has 118 valence electrons. The molecule has 0 heterocycles. The minimum Gasteiger partial charge on any atom is -0.543 e. The van der Waals surface area contributed by atoms with Gasteiger partial charge >= 0.3 is 11.9 Å².